The van der Waals surface area contributed by atoms with Crippen LogP contribution in [0.15, 0.2) is 36.4 Å². The number of aromatic carboxylic acids is 1. The molecule has 0 spiro atoms. The predicted molar refractivity (Wildman–Crippen MR) is 73.6 cm³/mol. The third-order valence-electron chi connectivity index (χ3n) is 2.79. The van der Waals surface area contributed by atoms with E-state index in [0.717, 1.165) is 11.1 Å². The number of halogens is 2. The summed E-state index contributed by atoms with van der Waals surface area (Å²) >= 11 is 12.0. The van der Waals surface area contributed by atoms with Gasteiger partial charge in [-0.2, -0.15) is 0 Å². The second kappa shape index (κ2) is 5.01. The van der Waals surface area contributed by atoms with Gasteiger partial charge in [0.2, 0.25) is 0 Å². The van der Waals surface area contributed by atoms with Gasteiger partial charge in [-0.25, -0.2) is 4.79 Å². The van der Waals surface area contributed by atoms with E-state index in [1.807, 2.05) is 6.07 Å². The monoisotopic (exact) mass is 280 g/mol. The molecule has 0 saturated carbocycles. The lowest BCUT2D eigenvalue weighted by atomic mass is 9.96. The van der Waals surface area contributed by atoms with Crippen molar-refractivity contribution in [2.24, 2.45) is 0 Å². The highest BCUT2D eigenvalue weighted by Gasteiger charge is 2.13. The highest BCUT2D eigenvalue weighted by atomic mass is 35.5. The summed E-state index contributed by atoms with van der Waals surface area (Å²) < 4.78 is 0. The van der Waals surface area contributed by atoms with Gasteiger partial charge in [-0.15, -0.1) is 0 Å². The van der Waals surface area contributed by atoms with Gasteiger partial charge in [0.05, 0.1) is 5.56 Å². The Balaban J connectivity index is 2.64. The molecule has 1 N–H and O–H groups in total. The molecule has 0 radical (unpaired) electrons. The molecule has 0 amide bonds. The molecule has 2 rings (SSSR count). The maximum absolute atomic E-state index is 11.1. The minimum atomic E-state index is -0.945. The average molecular weight is 281 g/mol. The molecule has 4 heteroatoms. The summed E-state index contributed by atoms with van der Waals surface area (Å²) in [6.45, 7) is 1.77. The van der Waals surface area contributed by atoms with Gasteiger partial charge in [-0.3, -0.25) is 0 Å². The zero-order valence-electron chi connectivity index (χ0n) is 9.58. The molecule has 92 valence electrons. The molecule has 0 bridgehead atoms. The van der Waals surface area contributed by atoms with Crippen molar-refractivity contribution in [3.63, 3.8) is 0 Å². The summed E-state index contributed by atoms with van der Waals surface area (Å²) in [5, 5.41) is 10.2. The highest BCUT2D eigenvalue weighted by Crippen LogP contribution is 2.33. The lowest BCUT2D eigenvalue weighted by Gasteiger charge is -2.10. The molecule has 0 heterocycles. The van der Waals surface area contributed by atoms with Gasteiger partial charge in [0.1, 0.15) is 0 Å². The molecule has 0 aliphatic rings. The van der Waals surface area contributed by atoms with Gasteiger partial charge in [0, 0.05) is 15.6 Å². The van der Waals surface area contributed by atoms with Crippen molar-refractivity contribution in [1.29, 1.82) is 0 Å². The van der Waals surface area contributed by atoms with Crippen LogP contribution in [0.3, 0.4) is 0 Å². The summed E-state index contributed by atoms with van der Waals surface area (Å²) in [6.07, 6.45) is 0. The maximum Gasteiger partial charge on any atom is 0.335 e. The van der Waals surface area contributed by atoms with Crippen LogP contribution in [-0.4, -0.2) is 11.1 Å². The van der Waals surface area contributed by atoms with Crippen LogP contribution in [0.2, 0.25) is 10.0 Å². The first-order valence-electron chi connectivity index (χ1n) is 5.29. The Morgan fingerprint density at radius 3 is 2.44 bits per heavy atom. The molecule has 0 aliphatic carbocycles. The molecule has 0 saturated heterocycles. The van der Waals surface area contributed by atoms with Crippen LogP contribution in [0.1, 0.15) is 15.9 Å². The van der Waals surface area contributed by atoms with E-state index in [9.17, 15) is 4.79 Å². The quantitative estimate of drug-likeness (QED) is 0.868. The van der Waals surface area contributed by atoms with Gasteiger partial charge in [0.15, 0.2) is 0 Å². The molecule has 0 atom stereocenters. The van der Waals surface area contributed by atoms with Crippen LogP contribution in [0.5, 0.6) is 0 Å². The molecule has 2 aromatic carbocycles. The molecule has 2 aromatic rings. The number of benzene rings is 2. The third-order valence-corrected chi connectivity index (χ3v) is 3.33. The van der Waals surface area contributed by atoms with Gasteiger partial charge in [-0.1, -0.05) is 41.4 Å². The number of hydrogen-bond donors (Lipinski definition) is 1. The van der Waals surface area contributed by atoms with E-state index >= 15 is 0 Å². The zero-order chi connectivity index (χ0) is 13.3. The van der Waals surface area contributed by atoms with E-state index < -0.39 is 5.97 Å². The summed E-state index contributed by atoms with van der Waals surface area (Å²) in [7, 11) is 0. The Kier molecular flexibility index (Phi) is 3.60. The molecular weight excluding hydrogens is 271 g/mol. The summed E-state index contributed by atoms with van der Waals surface area (Å²) in [5.74, 6) is -0.945. The van der Waals surface area contributed by atoms with Crippen LogP contribution < -0.4 is 0 Å². The van der Waals surface area contributed by atoms with Gasteiger partial charge < -0.3 is 5.11 Å². The van der Waals surface area contributed by atoms with Crippen molar-refractivity contribution in [1.82, 2.24) is 0 Å². The van der Waals surface area contributed by atoms with Gasteiger partial charge in [0.25, 0.3) is 0 Å². The summed E-state index contributed by atoms with van der Waals surface area (Å²) in [6, 6.07) is 10.3. The Morgan fingerprint density at radius 1 is 1.11 bits per heavy atom. The van der Waals surface area contributed by atoms with E-state index in [-0.39, 0.29) is 5.56 Å². The van der Waals surface area contributed by atoms with E-state index in [1.54, 1.807) is 37.3 Å². The summed E-state index contributed by atoms with van der Waals surface area (Å²) in [5.41, 5.74) is 2.55. The lowest BCUT2D eigenvalue weighted by molar-refractivity contribution is 0.0696. The minimum absolute atomic E-state index is 0.276. The maximum atomic E-state index is 11.1. The van der Waals surface area contributed by atoms with Crippen LogP contribution in [0, 0.1) is 6.92 Å². The number of carboxylic acid groups (broad SMARTS) is 1. The predicted octanol–water partition coefficient (Wildman–Crippen LogP) is 4.67. The molecule has 0 fully saturated rings. The first kappa shape index (κ1) is 12.9. The Hall–Kier alpha value is -1.51. The van der Waals surface area contributed by atoms with Crippen molar-refractivity contribution in [3.05, 3.63) is 57.6 Å². The number of carbonyl (C=O) groups is 1. The van der Waals surface area contributed by atoms with E-state index in [2.05, 4.69) is 0 Å². The SMILES string of the molecule is Cc1c(C(=O)O)cccc1-c1ccc(Cl)cc1Cl. The standard InChI is InChI=1S/C14H10Cl2O2/c1-8-10(3-2-4-11(8)14(17)18)12-6-5-9(15)7-13(12)16/h2-7H,1H3,(H,17,18). The van der Waals surface area contributed by atoms with E-state index in [1.165, 1.54) is 0 Å². The zero-order valence-corrected chi connectivity index (χ0v) is 11.1. The second-order valence-electron chi connectivity index (χ2n) is 3.91. The van der Waals surface area contributed by atoms with E-state index in [4.69, 9.17) is 28.3 Å². The number of carboxylic acids is 1. The third kappa shape index (κ3) is 2.35. The van der Waals surface area contributed by atoms with Crippen LogP contribution in [-0.2, 0) is 0 Å². The molecular formula is C14H10Cl2O2. The largest absolute Gasteiger partial charge is 0.478 e. The van der Waals surface area contributed by atoms with Crippen molar-refractivity contribution in [2.45, 2.75) is 6.92 Å². The first-order valence-corrected chi connectivity index (χ1v) is 6.04. The summed E-state index contributed by atoms with van der Waals surface area (Å²) in [4.78, 5) is 11.1. The second-order valence-corrected chi connectivity index (χ2v) is 4.75. The van der Waals surface area contributed by atoms with Gasteiger partial charge in [-0.05, 0) is 36.2 Å². The van der Waals surface area contributed by atoms with Crippen molar-refractivity contribution in [3.8, 4) is 11.1 Å². The fourth-order valence-electron chi connectivity index (χ4n) is 1.87. The average Bonchev–Trinajstić information content (AvgIpc) is 2.30. The fraction of sp³-hybridized carbons (Fsp3) is 0.0714. The number of rotatable bonds is 2. The Morgan fingerprint density at radius 2 is 1.83 bits per heavy atom. The van der Waals surface area contributed by atoms with E-state index in [0.29, 0.717) is 15.6 Å². The van der Waals surface area contributed by atoms with Crippen LogP contribution >= 0.6 is 23.2 Å². The Bertz CT molecular complexity index is 621. The first-order chi connectivity index (χ1) is 8.50. The highest BCUT2D eigenvalue weighted by molar-refractivity contribution is 6.36. The smallest absolute Gasteiger partial charge is 0.335 e. The van der Waals surface area contributed by atoms with Crippen molar-refractivity contribution < 1.29 is 9.90 Å². The number of hydrogen-bond acceptors (Lipinski definition) is 1. The van der Waals surface area contributed by atoms with Crippen molar-refractivity contribution >= 4 is 29.2 Å². The van der Waals surface area contributed by atoms with Crippen molar-refractivity contribution in [2.75, 3.05) is 0 Å². The molecule has 0 aliphatic heterocycles. The molecule has 2 nitrogen and oxygen atoms in total. The van der Waals surface area contributed by atoms with Crippen LogP contribution in [0.25, 0.3) is 11.1 Å². The fourth-order valence-corrected chi connectivity index (χ4v) is 2.38. The minimum Gasteiger partial charge on any atom is -0.478 e. The topological polar surface area (TPSA) is 37.3 Å². The van der Waals surface area contributed by atoms with Crippen LogP contribution in [0.4, 0.5) is 0 Å². The molecule has 0 aromatic heterocycles. The lowest BCUT2D eigenvalue weighted by Crippen LogP contribution is -2.00. The normalized spacial score (nSPS) is 10.4. The molecule has 18 heavy (non-hydrogen) atoms. The Labute approximate surface area is 115 Å². The molecule has 0 unspecified atom stereocenters. The van der Waals surface area contributed by atoms with Gasteiger partial charge >= 0.3 is 5.97 Å².